The van der Waals surface area contributed by atoms with E-state index in [0.717, 1.165) is 4.57 Å². The summed E-state index contributed by atoms with van der Waals surface area (Å²) in [5.41, 5.74) is -1.81. The number of benzene rings is 8. The van der Waals surface area contributed by atoms with Crippen molar-refractivity contribution in [1.29, 1.82) is 0 Å². The Hall–Kier alpha value is -6.84. The highest BCUT2D eigenvalue weighted by molar-refractivity contribution is 6.17. The van der Waals surface area contributed by atoms with E-state index < -0.39 is 159 Å². The molecule has 0 saturated carbocycles. The first-order chi connectivity index (χ1) is 33.7. The number of rotatable bonds is 4. The first-order valence-electron chi connectivity index (χ1n) is 25.9. The number of hydrogen-bond donors (Lipinski definition) is 0. The lowest BCUT2D eigenvalue weighted by molar-refractivity contribution is 1.17. The lowest BCUT2D eigenvalue weighted by Crippen LogP contribution is -1.96. The van der Waals surface area contributed by atoms with Gasteiger partial charge in [0, 0.05) is 43.7 Å². The highest BCUT2D eigenvalue weighted by atomic mass is 15.0. The van der Waals surface area contributed by atoms with E-state index in [1.54, 1.807) is 60.7 Å². The third-order valence-corrected chi connectivity index (χ3v) is 9.10. The maximum atomic E-state index is 9.98. The largest absolute Gasteiger partial charge is 0.309 e. The number of aromatic nitrogens is 3. The van der Waals surface area contributed by atoms with Crippen LogP contribution in [0.1, 0.15) is 27.4 Å². The van der Waals surface area contributed by atoms with Gasteiger partial charge in [0.2, 0.25) is 0 Å². The van der Waals surface area contributed by atoms with Crippen molar-refractivity contribution in [2.75, 3.05) is 0 Å². The Labute approximate surface area is 322 Å². The average molecular weight is 670 g/mol. The van der Waals surface area contributed by atoms with E-state index in [-0.39, 0.29) is 43.6 Å². The zero-order valence-corrected chi connectivity index (χ0v) is 26.2. The molecule has 3 heterocycles. The number of fused-ring (bicyclic) bond motifs is 9. The maximum absolute atomic E-state index is 9.98. The summed E-state index contributed by atoms with van der Waals surface area (Å²) in [7, 11) is 0. The van der Waals surface area contributed by atoms with Gasteiger partial charge in [-0.05, 0) is 89.8 Å². The van der Waals surface area contributed by atoms with Crippen molar-refractivity contribution in [3.63, 3.8) is 0 Å². The van der Waals surface area contributed by atoms with Gasteiger partial charge in [-0.25, -0.2) is 0 Å². The highest BCUT2D eigenvalue weighted by Gasteiger charge is 2.20. The van der Waals surface area contributed by atoms with Crippen LogP contribution in [0.2, 0.25) is 0 Å². The van der Waals surface area contributed by atoms with E-state index in [2.05, 4.69) is 0 Å². The minimum Gasteiger partial charge on any atom is -0.309 e. The monoisotopic (exact) mass is 669 g/mol. The summed E-state index contributed by atoms with van der Waals surface area (Å²) in [4.78, 5) is 0. The minimum atomic E-state index is -0.795. The van der Waals surface area contributed by atoms with Crippen molar-refractivity contribution in [3.8, 4) is 28.2 Å². The van der Waals surface area contributed by atoms with Crippen LogP contribution in [0.15, 0.2) is 188 Å². The number of para-hydroxylation sites is 5. The van der Waals surface area contributed by atoms with Crippen molar-refractivity contribution in [3.05, 3.63) is 188 Å². The summed E-state index contributed by atoms with van der Waals surface area (Å²) in [5.74, 6) is 0. The van der Waals surface area contributed by atoms with Gasteiger partial charge in [0.05, 0.1) is 66.2 Å². The molecule has 0 unspecified atom stereocenters. The third-order valence-electron chi connectivity index (χ3n) is 9.10. The van der Waals surface area contributed by atoms with E-state index >= 15 is 0 Å². The Balaban J connectivity index is 1.37. The molecule has 0 spiro atoms. The van der Waals surface area contributed by atoms with Crippen LogP contribution in [0.3, 0.4) is 0 Å². The topological polar surface area (TPSA) is 14.8 Å². The van der Waals surface area contributed by atoms with E-state index in [1.165, 1.54) is 15.2 Å². The second-order valence-corrected chi connectivity index (χ2v) is 11.8. The van der Waals surface area contributed by atoms with Crippen molar-refractivity contribution in [2.24, 2.45) is 0 Å². The Kier molecular flexibility index (Phi) is 3.18. The SMILES string of the molecule is [2H]c1cc2c(c([2H])c1-c1c([2H])c([2H])c3c(c1[2H])c1c([2H])c([2H])c([2H])c([2H])c1n3-c1c([2H])c([2H])c([2H])c3c1c1c([2H])c([2H])c([2H])c([2H])c1n3-c1ccccc1)c1c([2H])c([2H])c([2H])c([2H])c1n2-c1ccccc1. The van der Waals surface area contributed by atoms with Gasteiger partial charge in [0.25, 0.3) is 0 Å². The lowest BCUT2D eigenvalue weighted by atomic mass is 10.0. The fourth-order valence-electron chi connectivity index (χ4n) is 6.98. The molecule has 0 aliphatic heterocycles. The van der Waals surface area contributed by atoms with Gasteiger partial charge in [0.1, 0.15) is 0 Å². The van der Waals surface area contributed by atoms with Gasteiger partial charge in [-0.15, -0.1) is 0 Å². The van der Waals surface area contributed by atoms with Crippen LogP contribution in [-0.4, -0.2) is 13.7 Å². The number of hydrogen-bond acceptors (Lipinski definition) is 0. The molecule has 0 bridgehead atoms. The summed E-state index contributed by atoms with van der Waals surface area (Å²) in [6.45, 7) is 0. The molecule has 8 aromatic carbocycles. The van der Waals surface area contributed by atoms with Gasteiger partial charge in [-0.2, -0.15) is 0 Å². The molecule has 3 nitrogen and oxygen atoms in total. The molecule has 0 aliphatic rings. The Morgan fingerprint density at radius 3 is 1.49 bits per heavy atom. The van der Waals surface area contributed by atoms with Crippen molar-refractivity contribution in [2.45, 2.75) is 0 Å². The first-order valence-corrected chi connectivity index (χ1v) is 15.9. The normalized spacial score (nSPS) is 17.4. The molecule has 0 N–H and O–H groups in total. The molecule has 3 aromatic heterocycles. The van der Waals surface area contributed by atoms with E-state index in [1.807, 2.05) is 0 Å². The van der Waals surface area contributed by atoms with Gasteiger partial charge in [-0.1, -0.05) is 109 Å². The Morgan fingerprint density at radius 1 is 0.333 bits per heavy atom. The summed E-state index contributed by atoms with van der Waals surface area (Å²) in [6, 6.07) is 4.95. The number of nitrogens with zero attached hydrogens (tertiary/aromatic N) is 3. The molecule has 3 heteroatoms. The summed E-state index contributed by atoms with van der Waals surface area (Å²) < 4.78 is 188. The fourth-order valence-corrected chi connectivity index (χ4v) is 6.98. The quantitative estimate of drug-likeness (QED) is 0.177. The maximum Gasteiger partial charge on any atom is 0.0645 e. The van der Waals surface area contributed by atoms with E-state index in [4.69, 9.17) is 12.3 Å². The zero-order chi connectivity index (χ0) is 50.9. The van der Waals surface area contributed by atoms with Crippen molar-refractivity contribution < 1.29 is 27.4 Å². The zero-order valence-electron chi connectivity index (χ0n) is 46.2. The lowest BCUT2D eigenvalue weighted by Gasteiger charge is -2.12. The van der Waals surface area contributed by atoms with Crippen LogP contribution >= 0.6 is 0 Å². The van der Waals surface area contributed by atoms with Gasteiger partial charge in [0.15, 0.2) is 0 Å². The molecule has 0 atom stereocenters. The Morgan fingerprint density at radius 2 is 0.824 bits per heavy atom. The first kappa shape index (κ1) is 15.0. The Bertz CT molecular complexity index is 4270. The molecular weight excluding hydrogens is 619 g/mol. The van der Waals surface area contributed by atoms with Crippen molar-refractivity contribution >= 4 is 65.4 Å². The highest BCUT2D eigenvalue weighted by Crippen LogP contribution is 2.41. The predicted octanol–water partition coefficient (Wildman–Crippen LogP) is 12.6. The summed E-state index contributed by atoms with van der Waals surface area (Å²) >= 11 is 0. The van der Waals surface area contributed by atoms with Gasteiger partial charge in [-0.3, -0.25) is 0 Å². The molecule has 0 radical (unpaired) electrons. The molecular formula is C48H31N3. The predicted molar refractivity (Wildman–Crippen MR) is 215 cm³/mol. The van der Waals surface area contributed by atoms with Crippen LogP contribution in [-0.2, 0) is 0 Å². The third kappa shape index (κ3) is 4.06. The van der Waals surface area contributed by atoms with Crippen LogP contribution in [0.5, 0.6) is 0 Å². The smallest absolute Gasteiger partial charge is 0.0645 e. The van der Waals surface area contributed by atoms with Crippen LogP contribution in [0.4, 0.5) is 0 Å². The van der Waals surface area contributed by atoms with Gasteiger partial charge < -0.3 is 13.7 Å². The molecule has 51 heavy (non-hydrogen) atoms. The fraction of sp³-hybridized carbons (Fsp3) is 0. The van der Waals surface area contributed by atoms with Crippen LogP contribution in [0, 0.1) is 0 Å². The molecule has 238 valence electrons. The van der Waals surface area contributed by atoms with Crippen LogP contribution < -0.4 is 0 Å². The molecule has 0 saturated heterocycles. The molecule has 11 rings (SSSR count). The van der Waals surface area contributed by atoms with E-state index in [9.17, 15) is 15.1 Å². The standard InChI is InChI=1S/C48H31N3/c1-3-14-34(15-4-1)49-41-21-10-7-18-36(41)39-30-32(26-28-44(39)49)33-27-29-45-40(31-33)37-19-8-11-22-42(37)51(45)47-25-13-24-46-48(47)38-20-9-12-23-43(38)50(46)35-16-5-2-6-17-35/h1-31H/i7D,8D,9D,10D,11D,12D,13D,18D,19D,20D,21D,22D,23D,24D,25D,26D,27D,29D,30D,31D. The molecule has 11 aromatic rings. The second-order valence-electron chi connectivity index (χ2n) is 11.8. The molecule has 0 fully saturated rings. The summed E-state index contributed by atoms with van der Waals surface area (Å²) in [6.07, 6.45) is 0. The minimum absolute atomic E-state index is 0.0152. The summed E-state index contributed by atoms with van der Waals surface area (Å²) in [5, 5.41) is -1.44. The van der Waals surface area contributed by atoms with Gasteiger partial charge >= 0.3 is 0 Å². The van der Waals surface area contributed by atoms with E-state index in [0.29, 0.717) is 11.4 Å². The van der Waals surface area contributed by atoms with Crippen molar-refractivity contribution in [1.82, 2.24) is 13.7 Å². The molecule has 0 amide bonds. The molecule has 0 aliphatic carbocycles. The average Bonchev–Trinajstić information content (AvgIpc) is 4.03. The second kappa shape index (κ2) is 10.8. The van der Waals surface area contributed by atoms with Crippen LogP contribution in [0.25, 0.3) is 93.6 Å².